The molecule has 144 valence electrons. The first kappa shape index (κ1) is 17.3. The fourth-order valence-corrected chi connectivity index (χ4v) is 4.96. The van der Waals surface area contributed by atoms with Gasteiger partial charge in [0.05, 0.1) is 11.9 Å². The van der Waals surface area contributed by atoms with Crippen LogP contribution < -0.4 is 10.2 Å². The van der Waals surface area contributed by atoms with Crippen molar-refractivity contribution in [2.45, 2.75) is 32.2 Å². The van der Waals surface area contributed by atoms with E-state index in [0.29, 0.717) is 0 Å². The Morgan fingerprint density at radius 3 is 2.52 bits per heavy atom. The highest BCUT2D eigenvalue weighted by Crippen LogP contribution is 2.29. The summed E-state index contributed by atoms with van der Waals surface area (Å²) in [5.41, 5.74) is 3.96. The van der Waals surface area contributed by atoms with Crippen molar-refractivity contribution in [3.05, 3.63) is 36.3 Å². The number of aromatic nitrogens is 2. The lowest BCUT2D eigenvalue weighted by molar-refractivity contribution is 0.190. The third-order valence-electron chi connectivity index (χ3n) is 6.59. The maximum Gasteiger partial charge on any atom is 0.109 e. The third kappa shape index (κ3) is 3.63. The van der Waals surface area contributed by atoms with Crippen LogP contribution in [0.4, 0.5) is 5.69 Å². The van der Waals surface area contributed by atoms with Gasteiger partial charge in [0.2, 0.25) is 0 Å². The zero-order chi connectivity index (χ0) is 18.1. The molecule has 0 saturated carbocycles. The smallest absolute Gasteiger partial charge is 0.109 e. The predicted molar refractivity (Wildman–Crippen MR) is 110 cm³/mol. The second kappa shape index (κ2) is 7.64. The van der Waals surface area contributed by atoms with E-state index in [-0.39, 0.29) is 0 Å². The summed E-state index contributed by atoms with van der Waals surface area (Å²) in [6, 6.07) is 9.18. The zero-order valence-corrected chi connectivity index (χ0v) is 16.2. The summed E-state index contributed by atoms with van der Waals surface area (Å²) in [6.45, 7) is 9.56. The molecule has 1 aromatic heterocycles. The molecule has 4 heterocycles. The Morgan fingerprint density at radius 2 is 1.74 bits per heavy atom. The molecule has 2 saturated heterocycles. The first-order chi connectivity index (χ1) is 13.4. The summed E-state index contributed by atoms with van der Waals surface area (Å²) >= 11 is 0. The normalized spacial score (nSPS) is 21.6. The van der Waals surface area contributed by atoms with Crippen LogP contribution in [0.15, 0.2) is 30.5 Å². The van der Waals surface area contributed by atoms with E-state index in [9.17, 15) is 0 Å². The Bertz CT molecular complexity index is 752. The van der Waals surface area contributed by atoms with Crippen LogP contribution in [0, 0.1) is 5.92 Å². The van der Waals surface area contributed by atoms with Crippen LogP contribution in [0.25, 0.3) is 11.3 Å². The average Bonchev–Trinajstić information content (AvgIpc) is 3.34. The number of nitrogens with zero attached hydrogens (tertiary/aromatic N) is 4. The van der Waals surface area contributed by atoms with E-state index in [1.807, 2.05) is 6.20 Å². The molecule has 5 heteroatoms. The maximum absolute atomic E-state index is 4.59. The van der Waals surface area contributed by atoms with Gasteiger partial charge in [-0.1, -0.05) is 12.1 Å². The predicted octanol–water partition coefficient (Wildman–Crippen LogP) is 2.62. The van der Waals surface area contributed by atoms with Gasteiger partial charge in [0.1, 0.15) is 5.82 Å². The van der Waals surface area contributed by atoms with Gasteiger partial charge >= 0.3 is 0 Å². The van der Waals surface area contributed by atoms with Crippen LogP contribution >= 0.6 is 0 Å². The average molecular weight is 366 g/mol. The minimum Gasteiger partial charge on any atom is -0.372 e. The number of rotatable bonds is 4. The first-order valence-electron chi connectivity index (χ1n) is 10.7. The molecule has 2 aromatic rings. The van der Waals surface area contributed by atoms with E-state index in [1.54, 1.807) is 0 Å². The standard InChI is InChI=1S/C22H31N5/c1-2-22-24-16-21(27(22)11-1)19-3-5-20(6-4-19)26-12-7-18(8-13-26)17-25-14-9-23-10-15-25/h3-6,16,18,23H,1-2,7-15,17H2. The maximum atomic E-state index is 4.59. The molecular weight excluding hydrogens is 334 g/mol. The highest BCUT2D eigenvalue weighted by atomic mass is 15.2. The van der Waals surface area contributed by atoms with Gasteiger partial charge in [-0.25, -0.2) is 4.98 Å². The van der Waals surface area contributed by atoms with Crippen molar-refractivity contribution in [1.29, 1.82) is 0 Å². The Morgan fingerprint density at radius 1 is 0.963 bits per heavy atom. The number of hydrogen-bond acceptors (Lipinski definition) is 4. The number of piperidine rings is 1. The van der Waals surface area contributed by atoms with Crippen molar-refractivity contribution in [1.82, 2.24) is 19.8 Å². The topological polar surface area (TPSA) is 36.3 Å². The van der Waals surface area contributed by atoms with Gasteiger partial charge < -0.3 is 19.7 Å². The number of aryl methyl sites for hydroxylation is 1. The van der Waals surface area contributed by atoms with Gasteiger partial charge in [-0.15, -0.1) is 0 Å². The number of benzene rings is 1. The molecule has 0 bridgehead atoms. The van der Waals surface area contributed by atoms with E-state index in [2.05, 4.69) is 48.9 Å². The zero-order valence-electron chi connectivity index (χ0n) is 16.2. The molecule has 0 spiro atoms. The number of hydrogen-bond donors (Lipinski definition) is 1. The Kier molecular flexibility index (Phi) is 4.89. The third-order valence-corrected chi connectivity index (χ3v) is 6.59. The molecule has 3 aliphatic rings. The molecule has 5 nitrogen and oxygen atoms in total. The van der Waals surface area contributed by atoms with Crippen LogP contribution in [0.3, 0.4) is 0 Å². The van der Waals surface area contributed by atoms with Crippen LogP contribution in [-0.2, 0) is 13.0 Å². The Balaban J connectivity index is 1.19. The molecule has 27 heavy (non-hydrogen) atoms. The molecule has 3 aliphatic heterocycles. The molecule has 5 rings (SSSR count). The summed E-state index contributed by atoms with van der Waals surface area (Å²) in [5.74, 6) is 2.12. The van der Waals surface area contributed by atoms with Crippen molar-refractivity contribution in [2.24, 2.45) is 5.92 Å². The van der Waals surface area contributed by atoms with Crippen LogP contribution in [-0.4, -0.2) is 60.3 Å². The number of nitrogens with one attached hydrogen (secondary N) is 1. The fourth-order valence-electron chi connectivity index (χ4n) is 4.96. The molecule has 1 aromatic carbocycles. The van der Waals surface area contributed by atoms with Gasteiger partial charge in [0.15, 0.2) is 0 Å². The van der Waals surface area contributed by atoms with Crippen molar-refractivity contribution in [3.63, 3.8) is 0 Å². The van der Waals surface area contributed by atoms with Gasteiger partial charge in [-0.3, -0.25) is 0 Å². The summed E-state index contributed by atoms with van der Waals surface area (Å²) < 4.78 is 2.39. The van der Waals surface area contributed by atoms with Gasteiger partial charge in [0.25, 0.3) is 0 Å². The number of anilines is 1. The van der Waals surface area contributed by atoms with Crippen LogP contribution in [0.2, 0.25) is 0 Å². The summed E-state index contributed by atoms with van der Waals surface area (Å²) in [4.78, 5) is 9.80. The summed E-state index contributed by atoms with van der Waals surface area (Å²) in [5, 5.41) is 3.45. The Labute approximate surface area is 162 Å². The molecule has 0 unspecified atom stereocenters. The lowest BCUT2D eigenvalue weighted by Crippen LogP contribution is -2.46. The summed E-state index contributed by atoms with van der Waals surface area (Å²) in [6.07, 6.45) is 7.05. The van der Waals surface area contributed by atoms with Crippen molar-refractivity contribution < 1.29 is 0 Å². The van der Waals surface area contributed by atoms with E-state index < -0.39 is 0 Å². The fraction of sp³-hybridized carbons (Fsp3) is 0.591. The first-order valence-corrected chi connectivity index (χ1v) is 10.7. The molecule has 2 fully saturated rings. The summed E-state index contributed by atoms with van der Waals surface area (Å²) in [7, 11) is 0. The molecule has 1 N–H and O–H groups in total. The van der Waals surface area contributed by atoms with Crippen LogP contribution in [0.5, 0.6) is 0 Å². The molecule has 0 amide bonds. The van der Waals surface area contributed by atoms with Crippen LogP contribution in [0.1, 0.15) is 25.1 Å². The second-order valence-electron chi connectivity index (χ2n) is 8.34. The number of fused-ring (bicyclic) bond motifs is 1. The lowest BCUT2D eigenvalue weighted by Gasteiger charge is -2.37. The van der Waals surface area contributed by atoms with Crippen molar-refractivity contribution in [2.75, 3.05) is 50.7 Å². The van der Waals surface area contributed by atoms with E-state index in [0.717, 1.165) is 32.0 Å². The lowest BCUT2D eigenvalue weighted by atomic mass is 9.95. The molecule has 0 aliphatic carbocycles. The molecular formula is C22H31N5. The highest BCUT2D eigenvalue weighted by Gasteiger charge is 2.23. The molecule has 0 radical (unpaired) electrons. The van der Waals surface area contributed by atoms with E-state index >= 15 is 0 Å². The van der Waals surface area contributed by atoms with Gasteiger partial charge in [-0.05, 0) is 42.9 Å². The second-order valence-corrected chi connectivity index (χ2v) is 8.34. The SMILES string of the molecule is c1cc(N2CCC(CN3CCNCC3)CC2)ccc1-c1cnc2n1CCC2. The number of piperazine rings is 1. The van der Waals surface area contributed by atoms with Gasteiger partial charge in [-0.2, -0.15) is 0 Å². The minimum atomic E-state index is 0.869. The van der Waals surface area contributed by atoms with E-state index in [1.165, 1.54) is 74.8 Å². The highest BCUT2D eigenvalue weighted by molar-refractivity contribution is 5.63. The van der Waals surface area contributed by atoms with Gasteiger partial charge in [0, 0.05) is 64.5 Å². The van der Waals surface area contributed by atoms with Crippen molar-refractivity contribution in [3.8, 4) is 11.3 Å². The molecule has 0 atom stereocenters. The minimum absolute atomic E-state index is 0.869. The van der Waals surface area contributed by atoms with Crippen molar-refractivity contribution >= 4 is 5.69 Å². The number of imidazole rings is 1. The monoisotopic (exact) mass is 365 g/mol. The quantitative estimate of drug-likeness (QED) is 0.904. The Hall–Kier alpha value is -1.85. The largest absolute Gasteiger partial charge is 0.372 e. The van der Waals surface area contributed by atoms with E-state index in [4.69, 9.17) is 0 Å².